The molecule has 1 unspecified atom stereocenters. The molecule has 0 aromatic heterocycles. The molecule has 2 aromatic carbocycles. The molecule has 2 aliphatic rings. The van der Waals surface area contributed by atoms with Gasteiger partial charge in [0.05, 0.1) is 18.5 Å². The highest BCUT2D eigenvalue weighted by Crippen LogP contribution is 2.29. The van der Waals surface area contributed by atoms with Gasteiger partial charge in [0.1, 0.15) is 5.75 Å². The first-order valence-corrected chi connectivity index (χ1v) is 10.7. The molecule has 0 bridgehead atoms. The Hall–Kier alpha value is -2.99. The molecule has 1 N–H and O–H groups in total. The number of fused-ring (bicyclic) bond motifs is 2. The Labute approximate surface area is 187 Å². The van der Waals surface area contributed by atoms with Crippen LogP contribution in [0.25, 0.3) is 0 Å². The molecule has 0 spiro atoms. The zero-order valence-electron chi connectivity index (χ0n) is 17.9. The maximum absolute atomic E-state index is 12.1. The molecule has 0 saturated heterocycles. The van der Waals surface area contributed by atoms with Crippen LogP contribution >= 0.6 is 11.6 Å². The predicted octanol–water partition coefficient (Wildman–Crippen LogP) is 4.43. The number of hydrogen-bond donors (Lipinski definition) is 1. The molecule has 0 fully saturated rings. The van der Waals surface area contributed by atoms with Gasteiger partial charge >= 0.3 is 0 Å². The van der Waals surface area contributed by atoms with E-state index in [0.717, 1.165) is 53.3 Å². The van der Waals surface area contributed by atoms with E-state index in [1.165, 1.54) is 12.5 Å². The van der Waals surface area contributed by atoms with Crippen molar-refractivity contribution in [2.75, 3.05) is 7.11 Å². The standard InChI is InChI=1S/C24H25ClN4O2/c1-14-12-18-5-4-16-8-11-20(31-3)13-21(16)22(17-6-9-19(25)10-7-17)27-24(26-15(2)30)23(18)29-28-14/h6-11,13,18,24H,4-5,12H2,1-3H3,(H,26,30)/b27-22-/t18?,24-/m1/s1. The van der Waals surface area contributed by atoms with Crippen molar-refractivity contribution in [3.8, 4) is 5.75 Å². The topological polar surface area (TPSA) is 75.4 Å². The highest BCUT2D eigenvalue weighted by molar-refractivity contribution is 6.30. The number of aliphatic imine (C=N–C) groups is 1. The smallest absolute Gasteiger partial charge is 0.218 e. The Kier molecular flexibility index (Phi) is 6.18. The lowest BCUT2D eigenvalue weighted by Crippen LogP contribution is -2.43. The second-order valence-corrected chi connectivity index (χ2v) is 8.35. The first-order chi connectivity index (χ1) is 14.9. The van der Waals surface area contributed by atoms with Crippen LogP contribution in [0.3, 0.4) is 0 Å². The number of hydrogen-bond acceptors (Lipinski definition) is 5. The van der Waals surface area contributed by atoms with Crippen LogP contribution < -0.4 is 10.1 Å². The summed E-state index contributed by atoms with van der Waals surface area (Å²) in [5.74, 6) is 0.754. The van der Waals surface area contributed by atoms with E-state index < -0.39 is 6.17 Å². The molecule has 6 nitrogen and oxygen atoms in total. The van der Waals surface area contributed by atoms with Crippen molar-refractivity contribution < 1.29 is 9.53 Å². The van der Waals surface area contributed by atoms with E-state index in [1.807, 2.05) is 43.3 Å². The van der Waals surface area contributed by atoms with Crippen LogP contribution in [0.5, 0.6) is 5.75 Å². The molecule has 0 radical (unpaired) electrons. The van der Waals surface area contributed by atoms with Crippen LogP contribution in [-0.2, 0) is 11.2 Å². The summed E-state index contributed by atoms with van der Waals surface area (Å²) in [4.78, 5) is 17.1. The van der Waals surface area contributed by atoms with Crippen LogP contribution in [0.4, 0.5) is 0 Å². The van der Waals surface area contributed by atoms with E-state index >= 15 is 0 Å². The molecule has 2 atom stereocenters. The van der Waals surface area contributed by atoms with Gasteiger partial charge in [-0.25, -0.2) is 0 Å². The van der Waals surface area contributed by atoms with E-state index in [1.54, 1.807) is 7.11 Å². The minimum atomic E-state index is -0.595. The van der Waals surface area contributed by atoms with Gasteiger partial charge in [0, 0.05) is 34.7 Å². The second kappa shape index (κ2) is 9.02. The van der Waals surface area contributed by atoms with Gasteiger partial charge in [0.2, 0.25) is 5.91 Å². The number of methoxy groups -OCH3 is 1. The first kappa shape index (κ1) is 21.2. The van der Waals surface area contributed by atoms with Gasteiger partial charge in [0.15, 0.2) is 6.17 Å². The van der Waals surface area contributed by atoms with Gasteiger partial charge in [-0.15, -0.1) is 0 Å². The second-order valence-electron chi connectivity index (χ2n) is 7.91. The van der Waals surface area contributed by atoms with Crippen LogP contribution in [0.1, 0.15) is 43.4 Å². The summed E-state index contributed by atoms with van der Waals surface area (Å²) in [6, 6.07) is 13.6. The fraction of sp³-hybridized carbons (Fsp3) is 0.333. The molecule has 7 heteroatoms. The van der Waals surface area contributed by atoms with Gasteiger partial charge in [-0.1, -0.05) is 29.8 Å². The third-order valence-electron chi connectivity index (χ3n) is 5.63. The number of halogens is 1. The van der Waals surface area contributed by atoms with Gasteiger partial charge in [0.25, 0.3) is 0 Å². The largest absolute Gasteiger partial charge is 0.497 e. The molecule has 160 valence electrons. The lowest BCUT2D eigenvalue weighted by atomic mass is 9.87. The average molecular weight is 437 g/mol. The third-order valence-corrected chi connectivity index (χ3v) is 5.88. The van der Waals surface area contributed by atoms with Crippen molar-refractivity contribution >= 4 is 34.6 Å². The van der Waals surface area contributed by atoms with Crippen LogP contribution in [-0.4, -0.2) is 36.3 Å². The number of nitrogens with zero attached hydrogens (tertiary/aromatic N) is 3. The summed E-state index contributed by atoms with van der Waals surface area (Å²) < 4.78 is 5.50. The number of ether oxygens (including phenoxy) is 1. The number of benzene rings is 2. The molecule has 0 aliphatic carbocycles. The molecular formula is C24H25ClN4O2. The molecule has 2 aliphatic heterocycles. The quantitative estimate of drug-likeness (QED) is 0.772. The normalized spacial score (nSPS) is 22.3. The summed E-state index contributed by atoms with van der Waals surface area (Å²) in [7, 11) is 1.65. The van der Waals surface area contributed by atoms with Crippen molar-refractivity contribution in [1.29, 1.82) is 0 Å². The van der Waals surface area contributed by atoms with Crippen molar-refractivity contribution in [3.05, 3.63) is 64.2 Å². The molecule has 4 rings (SSSR count). The van der Waals surface area contributed by atoms with Crippen molar-refractivity contribution in [1.82, 2.24) is 5.32 Å². The lowest BCUT2D eigenvalue weighted by molar-refractivity contribution is -0.119. The Morgan fingerprint density at radius 3 is 2.65 bits per heavy atom. The fourth-order valence-corrected chi connectivity index (χ4v) is 4.23. The average Bonchev–Trinajstić information content (AvgIpc) is 2.81. The van der Waals surface area contributed by atoms with E-state index in [-0.39, 0.29) is 11.8 Å². The van der Waals surface area contributed by atoms with Gasteiger partial charge in [-0.2, -0.15) is 10.2 Å². The molecule has 31 heavy (non-hydrogen) atoms. The number of rotatable bonds is 3. The zero-order valence-corrected chi connectivity index (χ0v) is 18.6. The van der Waals surface area contributed by atoms with Crippen molar-refractivity contribution in [3.63, 3.8) is 0 Å². The highest BCUT2D eigenvalue weighted by atomic mass is 35.5. The summed E-state index contributed by atoms with van der Waals surface area (Å²) in [6.45, 7) is 3.48. The Morgan fingerprint density at radius 2 is 1.94 bits per heavy atom. The van der Waals surface area contributed by atoms with Crippen molar-refractivity contribution in [2.45, 2.75) is 39.3 Å². The fourth-order valence-electron chi connectivity index (χ4n) is 4.11. The van der Waals surface area contributed by atoms with Gasteiger partial charge in [-0.3, -0.25) is 9.79 Å². The Balaban J connectivity index is 1.94. The molecule has 0 saturated carbocycles. The highest BCUT2D eigenvalue weighted by Gasteiger charge is 2.31. The van der Waals surface area contributed by atoms with E-state index in [2.05, 4.69) is 21.6 Å². The van der Waals surface area contributed by atoms with Crippen LogP contribution in [0.15, 0.2) is 57.7 Å². The van der Waals surface area contributed by atoms with Gasteiger partial charge in [-0.05, 0) is 56.0 Å². The van der Waals surface area contributed by atoms with Crippen LogP contribution in [0, 0.1) is 5.92 Å². The first-order valence-electron chi connectivity index (χ1n) is 10.3. The number of amides is 1. The number of nitrogens with one attached hydrogen (secondary N) is 1. The Morgan fingerprint density at radius 1 is 1.16 bits per heavy atom. The third kappa shape index (κ3) is 4.69. The minimum Gasteiger partial charge on any atom is -0.497 e. The summed E-state index contributed by atoms with van der Waals surface area (Å²) in [6.07, 6.45) is 1.97. The number of carbonyl (C=O) groups is 1. The SMILES string of the molecule is COc1ccc2c(c1)/C(c1ccc(Cl)cc1)=N\[C@@H](NC(C)=O)C1=NN=C(C)CC1CC2. The molecular weight excluding hydrogens is 412 g/mol. The van der Waals surface area contributed by atoms with Gasteiger partial charge < -0.3 is 10.1 Å². The van der Waals surface area contributed by atoms with Crippen molar-refractivity contribution in [2.24, 2.45) is 21.1 Å². The van der Waals surface area contributed by atoms with E-state index in [0.29, 0.717) is 5.02 Å². The summed E-state index contributed by atoms with van der Waals surface area (Å²) in [5.41, 5.74) is 5.62. The lowest BCUT2D eigenvalue weighted by Gasteiger charge is -2.25. The zero-order chi connectivity index (χ0) is 22.0. The van der Waals surface area contributed by atoms with Crippen LogP contribution in [0.2, 0.25) is 5.02 Å². The molecule has 2 aromatic rings. The van der Waals surface area contributed by atoms with E-state index in [9.17, 15) is 4.79 Å². The summed E-state index contributed by atoms with van der Waals surface area (Å²) >= 11 is 6.13. The minimum absolute atomic E-state index is 0.164. The maximum Gasteiger partial charge on any atom is 0.218 e. The number of aryl methyl sites for hydroxylation is 1. The molecule has 2 heterocycles. The van der Waals surface area contributed by atoms with E-state index in [4.69, 9.17) is 21.3 Å². The number of carbonyl (C=O) groups excluding carboxylic acids is 1. The predicted molar refractivity (Wildman–Crippen MR) is 125 cm³/mol. The Bertz CT molecular complexity index is 1090. The monoisotopic (exact) mass is 436 g/mol. The molecule has 1 amide bonds. The summed E-state index contributed by atoms with van der Waals surface area (Å²) in [5, 5.41) is 12.4. The maximum atomic E-state index is 12.1.